The summed E-state index contributed by atoms with van der Waals surface area (Å²) >= 11 is 0. The van der Waals surface area contributed by atoms with E-state index in [1.165, 1.54) is 30.5 Å². The van der Waals surface area contributed by atoms with E-state index in [1.807, 2.05) is 4.68 Å². The van der Waals surface area contributed by atoms with Gasteiger partial charge >= 0.3 is 0 Å². The lowest BCUT2D eigenvalue weighted by atomic mass is 9.87. The first-order chi connectivity index (χ1) is 9.61. The molecule has 0 spiro atoms. The fourth-order valence-electron chi connectivity index (χ4n) is 3.68. The van der Waals surface area contributed by atoms with Crippen molar-refractivity contribution in [1.82, 2.24) is 15.1 Å². The molecule has 1 saturated heterocycles. The minimum absolute atomic E-state index is 0.0579. The van der Waals surface area contributed by atoms with Gasteiger partial charge in [0.05, 0.1) is 11.8 Å². The van der Waals surface area contributed by atoms with Crippen LogP contribution in [0.15, 0.2) is 6.20 Å². The van der Waals surface area contributed by atoms with E-state index in [-0.39, 0.29) is 5.60 Å². The van der Waals surface area contributed by atoms with Crippen LogP contribution in [-0.2, 0) is 18.2 Å². The van der Waals surface area contributed by atoms with Gasteiger partial charge in [0.1, 0.15) is 0 Å². The molecule has 4 heteroatoms. The number of aryl methyl sites for hydroxylation is 1. The summed E-state index contributed by atoms with van der Waals surface area (Å²) in [6.45, 7) is 5.36. The number of hydrogen-bond donors (Lipinski definition) is 1. The molecular formula is C16H27N3O. The summed E-state index contributed by atoms with van der Waals surface area (Å²) in [5.74, 6) is 0. The van der Waals surface area contributed by atoms with Crippen LogP contribution in [0.4, 0.5) is 0 Å². The van der Waals surface area contributed by atoms with Crippen LogP contribution in [0.2, 0.25) is 0 Å². The van der Waals surface area contributed by atoms with Gasteiger partial charge in [-0.15, -0.1) is 0 Å². The molecule has 0 aromatic carbocycles. The predicted molar refractivity (Wildman–Crippen MR) is 79.7 cm³/mol. The Labute approximate surface area is 121 Å². The summed E-state index contributed by atoms with van der Waals surface area (Å²) in [5, 5.41) is 8.32. The highest BCUT2D eigenvalue weighted by molar-refractivity contribution is 5.24. The summed E-state index contributed by atoms with van der Waals surface area (Å²) in [6.07, 6.45) is 9.07. The van der Waals surface area contributed by atoms with E-state index >= 15 is 0 Å². The second kappa shape index (κ2) is 5.49. The Bertz CT molecular complexity index is 470. The number of ether oxygens (including phenoxy) is 1. The highest BCUT2D eigenvalue weighted by atomic mass is 16.5. The van der Waals surface area contributed by atoms with E-state index in [0.29, 0.717) is 12.1 Å². The van der Waals surface area contributed by atoms with E-state index in [2.05, 4.69) is 37.5 Å². The van der Waals surface area contributed by atoms with Gasteiger partial charge < -0.3 is 10.1 Å². The van der Waals surface area contributed by atoms with Crippen LogP contribution in [0.5, 0.6) is 0 Å². The van der Waals surface area contributed by atoms with Crippen molar-refractivity contribution in [3.8, 4) is 0 Å². The Kier molecular flexibility index (Phi) is 3.87. The topological polar surface area (TPSA) is 39.1 Å². The molecule has 2 heterocycles. The zero-order chi connectivity index (χ0) is 14.2. The van der Waals surface area contributed by atoms with Gasteiger partial charge in [0, 0.05) is 37.0 Å². The van der Waals surface area contributed by atoms with Crippen molar-refractivity contribution < 1.29 is 4.74 Å². The molecule has 20 heavy (non-hydrogen) atoms. The summed E-state index contributed by atoms with van der Waals surface area (Å²) in [5.41, 5.74) is 2.89. The molecule has 1 aromatic heterocycles. The van der Waals surface area contributed by atoms with Gasteiger partial charge in [-0.05, 0) is 45.4 Å². The van der Waals surface area contributed by atoms with Gasteiger partial charge in [-0.25, -0.2) is 0 Å². The van der Waals surface area contributed by atoms with Crippen molar-refractivity contribution in [2.24, 2.45) is 7.05 Å². The van der Waals surface area contributed by atoms with Crippen LogP contribution in [0.3, 0.4) is 0 Å². The quantitative estimate of drug-likeness (QED) is 0.923. The molecule has 1 N–H and O–H groups in total. The van der Waals surface area contributed by atoms with Gasteiger partial charge in [0.15, 0.2) is 0 Å². The van der Waals surface area contributed by atoms with Crippen LogP contribution >= 0.6 is 0 Å². The molecule has 1 aliphatic heterocycles. The second-order valence-electron chi connectivity index (χ2n) is 6.62. The average molecular weight is 277 g/mol. The van der Waals surface area contributed by atoms with E-state index < -0.39 is 0 Å². The Morgan fingerprint density at radius 3 is 3.15 bits per heavy atom. The average Bonchev–Trinajstić information content (AvgIpc) is 2.82. The lowest BCUT2D eigenvalue weighted by molar-refractivity contribution is -0.0793. The molecule has 0 radical (unpaired) electrons. The van der Waals surface area contributed by atoms with Crippen LogP contribution in [0, 0.1) is 0 Å². The molecule has 3 rings (SSSR count). The van der Waals surface area contributed by atoms with Crippen LogP contribution < -0.4 is 5.32 Å². The minimum atomic E-state index is 0.0579. The summed E-state index contributed by atoms with van der Waals surface area (Å²) < 4.78 is 8.00. The Hall–Kier alpha value is -0.870. The third kappa shape index (κ3) is 2.63. The molecule has 4 nitrogen and oxygen atoms in total. The minimum Gasteiger partial charge on any atom is -0.375 e. The smallest absolute Gasteiger partial charge is 0.0666 e. The second-order valence-corrected chi connectivity index (χ2v) is 6.62. The van der Waals surface area contributed by atoms with E-state index in [4.69, 9.17) is 4.74 Å². The standard InChI is InChI=1S/C16H27N3O/c1-4-16(2)10-12(8-9-20-16)18-14-6-5-7-15-13(14)11-17-19(15)3/h11-12,14,18H,4-10H2,1-3H3. The van der Waals surface area contributed by atoms with Crippen LogP contribution in [0.25, 0.3) is 0 Å². The van der Waals surface area contributed by atoms with Crippen molar-refractivity contribution in [1.29, 1.82) is 0 Å². The normalized spacial score (nSPS) is 34.0. The van der Waals surface area contributed by atoms with Crippen molar-refractivity contribution in [2.75, 3.05) is 6.61 Å². The van der Waals surface area contributed by atoms with Gasteiger partial charge in [0.2, 0.25) is 0 Å². The molecule has 3 atom stereocenters. The van der Waals surface area contributed by atoms with Gasteiger partial charge in [0.25, 0.3) is 0 Å². The van der Waals surface area contributed by atoms with Gasteiger partial charge in [-0.1, -0.05) is 6.92 Å². The lowest BCUT2D eigenvalue weighted by Crippen LogP contribution is -2.46. The van der Waals surface area contributed by atoms with Gasteiger partial charge in [-0.3, -0.25) is 4.68 Å². The molecule has 0 amide bonds. The maximum atomic E-state index is 5.95. The first kappa shape index (κ1) is 14.1. The zero-order valence-corrected chi connectivity index (χ0v) is 13.0. The molecule has 112 valence electrons. The number of rotatable bonds is 3. The van der Waals surface area contributed by atoms with Crippen molar-refractivity contribution in [2.45, 2.75) is 70.1 Å². The fourth-order valence-corrected chi connectivity index (χ4v) is 3.68. The Morgan fingerprint density at radius 2 is 2.35 bits per heavy atom. The van der Waals surface area contributed by atoms with E-state index in [9.17, 15) is 0 Å². The monoisotopic (exact) mass is 277 g/mol. The summed E-state index contributed by atoms with van der Waals surface area (Å²) in [6, 6.07) is 1.06. The molecule has 1 aliphatic carbocycles. The number of hydrogen-bond acceptors (Lipinski definition) is 3. The third-order valence-corrected chi connectivity index (χ3v) is 5.16. The van der Waals surface area contributed by atoms with Crippen molar-refractivity contribution in [3.05, 3.63) is 17.5 Å². The van der Waals surface area contributed by atoms with Crippen molar-refractivity contribution in [3.63, 3.8) is 0 Å². The zero-order valence-electron chi connectivity index (χ0n) is 13.0. The van der Waals surface area contributed by atoms with Crippen molar-refractivity contribution >= 4 is 0 Å². The van der Waals surface area contributed by atoms with E-state index in [1.54, 1.807) is 0 Å². The molecule has 0 saturated carbocycles. The molecule has 2 aliphatic rings. The lowest BCUT2D eigenvalue weighted by Gasteiger charge is -2.40. The Balaban J connectivity index is 1.69. The molecule has 1 fully saturated rings. The first-order valence-electron chi connectivity index (χ1n) is 8.02. The molecule has 0 bridgehead atoms. The Morgan fingerprint density at radius 1 is 1.50 bits per heavy atom. The maximum absolute atomic E-state index is 5.95. The summed E-state index contributed by atoms with van der Waals surface area (Å²) in [4.78, 5) is 0. The molecule has 1 aromatic rings. The van der Waals surface area contributed by atoms with E-state index in [0.717, 1.165) is 25.9 Å². The number of nitrogens with one attached hydrogen (secondary N) is 1. The SMILES string of the molecule is CCC1(C)CC(NC2CCCc3c2cnn3C)CCO1. The summed E-state index contributed by atoms with van der Waals surface area (Å²) in [7, 11) is 2.06. The predicted octanol–water partition coefficient (Wildman–Crippen LogP) is 2.73. The largest absolute Gasteiger partial charge is 0.375 e. The fraction of sp³-hybridized carbons (Fsp3) is 0.812. The maximum Gasteiger partial charge on any atom is 0.0666 e. The highest BCUT2D eigenvalue weighted by Crippen LogP contribution is 2.33. The third-order valence-electron chi connectivity index (χ3n) is 5.16. The van der Waals surface area contributed by atoms with Crippen LogP contribution in [0.1, 0.15) is 63.3 Å². The number of aromatic nitrogens is 2. The van der Waals surface area contributed by atoms with Gasteiger partial charge in [-0.2, -0.15) is 5.10 Å². The number of fused-ring (bicyclic) bond motifs is 1. The first-order valence-corrected chi connectivity index (χ1v) is 8.02. The molecule has 3 unspecified atom stereocenters. The molecular weight excluding hydrogens is 250 g/mol. The van der Waals surface area contributed by atoms with Crippen LogP contribution in [-0.4, -0.2) is 28.0 Å². The number of nitrogens with zero attached hydrogens (tertiary/aromatic N) is 2. The highest BCUT2D eigenvalue weighted by Gasteiger charge is 2.33.